The number of para-hydroxylation sites is 1. The van der Waals surface area contributed by atoms with E-state index in [4.69, 9.17) is 13.9 Å². The topological polar surface area (TPSA) is 83.5 Å². The van der Waals surface area contributed by atoms with Gasteiger partial charge in [0.2, 0.25) is 17.5 Å². The van der Waals surface area contributed by atoms with Crippen LogP contribution in [-0.2, 0) is 4.74 Å². The quantitative estimate of drug-likeness (QED) is 0.717. The molecule has 27 heavy (non-hydrogen) atoms. The highest BCUT2D eigenvalue weighted by Crippen LogP contribution is 2.22. The van der Waals surface area contributed by atoms with Crippen LogP contribution in [-0.4, -0.2) is 56.4 Å². The molecule has 0 aliphatic carbocycles. The van der Waals surface area contributed by atoms with Crippen LogP contribution in [0.3, 0.4) is 0 Å². The minimum Gasteiger partial charge on any atom is -0.496 e. The predicted octanol–water partition coefficient (Wildman–Crippen LogP) is 2.86. The molecular formula is C20H24N4O3. The van der Waals surface area contributed by atoms with Gasteiger partial charge in [0.1, 0.15) is 11.8 Å². The van der Waals surface area contributed by atoms with Crippen molar-refractivity contribution < 1.29 is 13.9 Å². The SMILES string of the molecule is COc1ccccc1C=Cc1nc(C#N)c(NCCCN2CCOCC2)o1. The Balaban J connectivity index is 1.56. The van der Waals surface area contributed by atoms with Crippen molar-refractivity contribution in [1.82, 2.24) is 9.88 Å². The largest absolute Gasteiger partial charge is 0.496 e. The number of rotatable bonds is 8. The zero-order valence-corrected chi connectivity index (χ0v) is 15.5. The van der Waals surface area contributed by atoms with Crippen LogP contribution in [0.4, 0.5) is 5.88 Å². The summed E-state index contributed by atoms with van der Waals surface area (Å²) in [5.74, 6) is 1.56. The fourth-order valence-electron chi connectivity index (χ4n) is 2.90. The molecule has 1 N–H and O–H groups in total. The van der Waals surface area contributed by atoms with Gasteiger partial charge in [0.15, 0.2) is 0 Å². The van der Waals surface area contributed by atoms with Gasteiger partial charge in [0.25, 0.3) is 0 Å². The average Bonchev–Trinajstić information content (AvgIpc) is 3.12. The van der Waals surface area contributed by atoms with Crippen LogP contribution in [0.25, 0.3) is 12.2 Å². The summed E-state index contributed by atoms with van der Waals surface area (Å²) in [6.45, 7) is 5.27. The standard InChI is InChI=1S/C20H24N4O3/c1-25-18-6-3-2-5-16(18)7-8-19-23-17(15-21)20(27-19)22-9-4-10-24-11-13-26-14-12-24/h2-3,5-8,22H,4,9-14H2,1H3. The summed E-state index contributed by atoms with van der Waals surface area (Å²) < 4.78 is 16.4. The summed E-state index contributed by atoms with van der Waals surface area (Å²) in [6.07, 6.45) is 4.55. The van der Waals surface area contributed by atoms with Gasteiger partial charge in [-0.3, -0.25) is 4.90 Å². The van der Waals surface area contributed by atoms with Crippen LogP contribution < -0.4 is 10.1 Å². The van der Waals surface area contributed by atoms with Crippen LogP contribution in [0.2, 0.25) is 0 Å². The number of oxazole rings is 1. The summed E-state index contributed by atoms with van der Waals surface area (Å²) in [4.78, 5) is 6.60. The van der Waals surface area contributed by atoms with Crippen LogP contribution in [0.15, 0.2) is 28.7 Å². The number of methoxy groups -OCH3 is 1. The number of ether oxygens (including phenoxy) is 2. The zero-order valence-electron chi connectivity index (χ0n) is 15.5. The minimum atomic E-state index is 0.265. The highest BCUT2D eigenvalue weighted by Gasteiger charge is 2.12. The zero-order chi connectivity index (χ0) is 18.9. The van der Waals surface area contributed by atoms with Crippen LogP contribution in [0.5, 0.6) is 5.75 Å². The second-order valence-electron chi connectivity index (χ2n) is 6.15. The van der Waals surface area contributed by atoms with Gasteiger partial charge in [-0.2, -0.15) is 10.2 Å². The van der Waals surface area contributed by atoms with E-state index in [1.54, 1.807) is 13.2 Å². The number of aromatic nitrogens is 1. The number of nitrogens with zero attached hydrogens (tertiary/aromatic N) is 3. The van der Waals surface area contributed by atoms with Crippen molar-refractivity contribution in [2.75, 3.05) is 51.8 Å². The normalized spacial score (nSPS) is 15.0. The fourth-order valence-corrected chi connectivity index (χ4v) is 2.90. The van der Waals surface area contributed by atoms with Crippen molar-refractivity contribution in [1.29, 1.82) is 5.26 Å². The summed E-state index contributed by atoms with van der Waals surface area (Å²) in [5.41, 5.74) is 1.18. The molecule has 0 amide bonds. The van der Waals surface area contributed by atoms with E-state index in [-0.39, 0.29) is 5.69 Å². The van der Waals surface area contributed by atoms with E-state index in [9.17, 15) is 5.26 Å². The van der Waals surface area contributed by atoms with Gasteiger partial charge in [-0.25, -0.2) is 0 Å². The molecule has 0 bridgehead atoms. The van der Waals surface area contributed by atoms with E-state index in [0.29, 0.717) is 11.8 Å². The van der Waals surface area contributed by atoms with E-state index >= 15 is 0 Å². The smallest absolute Gasteiger partial charge is 0.232 e. The highest BCUT2D eigenvalue weighted by atomic mass is 16.5. The number of morpholine rings is 1. The molecule has 142 valence electrons. The van der Waals surface area contributed by atoms with Gasteiger partial charge in [-0.05, 0) is 25.1 Å². The third kappa shape index (κ3) is 5.33. The number of anilines is 1. The maximum absolute atomic E-state index is 9.28. The second-order valence-corrected chi connectivity index (χ2v) is 6.15. The second kappa shape index (κ2) is 9.76. The van der Waals surface area contributed by atoms with Crippen molar-refractivity contribution in [3.05, 3.63) is 41.4 Å². The van der Waals surface area contributed by atoms with Gasteiger partial charge in [0, 0.05) is 31.3 Å². The van der Waals surface area contributed by atoms with Crippen molar-refractivity contribution in [3.8, 4) is 11.8 Å². The van der Waals surface area contributed by atoms with Crippen molar-refractivity contribution in [3.63, 3.8) is 0 Å². The first-order valence-corrected chi connectivity index (χ1v) is 9.06. The van der Waals surface area contributed by atoms with Gasteiger partial charge < -0.3 is 19.2 Å². The molecule has 0 spiro atoms. The molecule has 1 aromatic carbocycles. The Kier molecular flexibility index (Phi) is 6.85. The lowest BCUT2D eigenvalue weighted by atomic mass is 10.2. The Morgan fingerprint density at radius 1 is 1.30 bits per heavy atom. The third-order valence-electron chi connectivity index (χ3n) is 4.33. The molecule has 2 aromatic rings. The highest BCUT2D eigenvalue weighted by molar-refractivity contribution is 5.70. The van der Waals surface area contributed by atoms with E-state index in [0.717, 1.165) is 57.1 Å². The fraction of sp³-hybridized carbons (Fsp3) is 0.400. The van der Waals surface area contributed by atoms with E-state index in [2.05, 4.69) is 21.3 Å². The summed E-state index contributed by atoms with van der Waals surface area (Å²) in [6, 6.07) is 9.74. The van der Waals surface area contributed by atoms with Gasteiger partial charge >= 0.3 is 0 Å². The lowest BCUT2D eigenvalue weighted by Crippen LogP contribution is -2.37. The molecule has 7 heteroatoms. The van der Waals surface area contributed by atoms with Crippen LogP contribution in [0.1, 0.15) is 23.6 Å². The average molecular weight is 368 g/mol. The summed E-state index contributed by atoms with van der Waals surface area (Å²) >= 11 is 0. The first-order valence-electron chi connectivity index (χ1n) is 9.06. The Labute approximate surface area is 159 Å². The lowest BCUT2D eigenvalue weighted by Gasteiger charge is -2.26. The maximum Gasteiger partial charge on any atom is 0.232 e. The molecule has 7 nitrogen and oxygen atoms in total. The molecule has 0 unspecified atom stereocenters. The molecule has 1 saturated heterocycles. The number of benzene rings is 1. The molecular weight excluding hydrogens is 344 g/mol. The van der Waals surface area contributed by atoms with E-state index in [1.807, 2.05) is 30.3 Å². The number of hydrogen-bond donors (Lipinski definition) is 1. The van der Waals surface area contributed by atoms with Crippen molar-refractivity contribution >= 4 is 18.0 Å². The Bertz CT molecular complexity index is 804. The van der Waals surface area contributed by atoms with E-state index in [1.165, 1.54) is 0 Å². The molecule has 3 rings (SSSR count). The Hall–Kier alpha value is -2.82. The third-order valence-corrected chi connectivity index (χ3v) is 4.33. The van der Waals surface area contributed by atoms with Crippen LogP contribution in [0, 0.1) is 11.3 Å². The van der Waals surface area contributed by atoms with Gasteiger partial charge in [-0.1, -0.05) is 18.2 Å². The molecule has 0 atom stereocenters. The van der Waals surface area contributed by atoms with Crippen molar-refractivity contribution in [2.24, 2.45) is 0 Å². The maximum atomic E-state index is 9.28. The molecule has 0 saturated carbocycles. The monoisotopic (exact) mass is 368 g/mol. The lowest BCUT2D eigenvalue weighted by molar-refractivity contribution is 0.0378. The van der Waals surface area contributed by atoms with Gasteiger partial charge in [0.05, 0.1) is 20.3 Å². The molecule has 1 aromatic heterocycles. The first kappa shape index (κ1) is 19.0. The van der Waals surface area contributed by atoms with E-state index < -0.39 is 0 Å². The number of hydrogen-bond acceptors (Lipinski definition) is 7. The molecule has 0 radical (unpaired) electrons. The number of nitriles is 1. The van der Waals surface area contributed by atoms with Gasteiger partial charge in [-0.15, -0.1) is 0 Å². The molecule has 1 aliphatic rings. The minimum absolute atomic E-state index is 0.265. The number of nitrogens with one attached hydrogen (secondary N) is 1. The summed E-state index contributed by atoms with van der Waals surface area (Å²) in [5, 5.41) is 12.5. The Morgan fingerprint density at radius 3 is 2.89 bits per heavy atom. The molecule has 2 heterocycles. The predicted molar refractivity (Wildman–Crippen MR) is 104 cm³/mol. The van der Waals surface area contributed by atoms with Crippen LogP contribution >= 0.6 is 0 Å². The molecule has 1 aliphatic heterocycles. The molecule has 1 fully saturated rings. The van der Waals surface area contributed by atoms with Crippen molar-refractivity contribution in [2.45, 2.75) is 6.42 Å². The summed E-state index contributed by atoms with van der Waals surface area (Å²) in [7, 11) is 1.63. The Morgan fingerprint density at radius 2 is 2.11 bits per heavy atom. The first-order chi connectivity index (χ1) is 13.3.